The van der Waals surface area contributed by atoms with E-state index in [1.54, 1.807) is 0 Å². The quantitative estimate of drug-likeness (QED) is 0.299. The van der Waals surface area contributed by atoms with Gasteiger partial charge in [0.15, 0.2) is 0 Å². The maximum atomic E-state index is 10.7. The second-order valence-electron chi connectivity index (χ2n) is 10.1. The summed E-state index contributed by atoms with van der Waals surface area (Å²) in [6.07, 6.45) is 13.1. The van der Waals surface area contributed by atoms with Gasteiger partial charge in [-0.3, -0.25) is 0 Å². The zero-order valence-electron chi connectivity index (χ0n) is 18.7. The number of amides is 2. The molecule has 2 rings (SSSR count). The molecule has 0 aromatic carbocycles. The highest BCUT2D eigenvalue weighted by Gasteiger charge is 2.52. The molecule has 4 heteroatoms. The Labute approximate surface area is 172 Å². The minimum Gasteiger partial charge on any atom is -0.350 e. The van der Waals surface area contributed by atoms with Crippen molar-refractivity contribution < 1.29 is 4.79 Å². The van der Waals surface area contributed by atoms with Crippen molar-refractivity contribution in [1.29, 1.82) is 0 Å². The van der Waals surface area contributed by atoms with Gasteiger partial charge in [-0.15, -0.1) is 0 Å². The molecular formula is C24H41N3O. The second-order valence-corrected chi connectivity index (χ2v) is 10.1. The largest absolute Gasteiger partial charge is 0.350 e. The first kappa shape index (κ1) is 22.7. The Bertz CT molecular complexity index is 646. The van der Waals surface area contributed by atoms with E-state index in [1.165, 1.54) is 49.7 Å². The van der Waals surface area contributed by atoms with Crippen molar-refractivity contribution in [2.45, 2.75) is 92.4 Å². The third-order valence-corrected chi connectivity index (χ3v) is 7.50. The number of hydrogen-bond acceptors (Lipinski definition) is 2. The number of nitrogens with two attached hydrogens (primary N) is 1. The molecular weight excluding hydrogens is 346 g/mol. The van der Waals surface area contributed by atoms with E-state index in [9.17, 15) is 4.79 Å². The van der Waals surface area contributed by atoms with Gasteiger partial charge in [-0.2, -0.15) is 5.10 Å². The van der Waals surface area contributed by atoms with Crippen molar-refractivity contribution >= 4 is 11.7 Å². The first-order valence-corrected chi connectivity index (χ1v) is 11.0. The number of fused-ring (bicyclic) bond motifs is 1. The van der Waals surface area contributed by atoms with Crippen LogP contribution in [0.5, 0.6) is 0 Å². The molecule has 2 saturated carbocycles. The molecule has 28 heavy (non-hydrogen) atoms. The number of urea groups is 1. The van der Waals surface area contributed by atoms with Crippen LogP contribution in [0.15, 0.2) is 28.9 Å². The fourth-order valence-electron chi connectivity index (χ4n) is 6.02. The molecule has 0 unspecified atom stereocenters. The summed E-state index contributed by atoms with van der Waals surface area (Å²) in [4.78, 5) is 10.7. The summed E-state index contributed by atoms with van der Waals surface area (Å²) < 4.78 is 0. The smallest absolute Gasteiger partial charge is 0.332 e. The lowest BCUT2D eigenvalue weighted by Crippen LogP contribution is -2.49. The molecule has 2 amide bonds. The third-order valence-electron chi connectivity index (χ3n) is 7.50. The van der Waals surface area contributed by atoms with E-state index in [0.29, 0.717) is 16.7 Å². The highest BCUT2D eigenvalue weighted by Crippen LogP contribution is 2.61. The van der Waals surface area contributed by atoms with Crippen molar-refractivity contribution in [3.63, 3.8) is 0 Å². The summed E-state index contributed by atoms with van der Waals surface area (Å²) in [5.41, 5.74) is 12.0. The Hall–Kier alpha value is -1.58. The van der Waals surface area contributed by atoms with E-state index in [2.05, 4.69) is 50.9 Å². The summed E-state index contributed by atoms with van der Waals surface area (Å²) in [6, 6.07) is -0.614. The molecule has 0 aromatic rings. The summed E-state index contributed by atoms with van der Waals surface area (Å²) in [7, 11) is 0. The molecule has 0 heterocycles. The van der Waals surface area contributed by atoms with Crippen LogP contribution in [0.2, 0.25) is 0 Å². The van der Waals surface area contributed by atoms with Crippen molar-refractivity contribution in [3.05, 3.63) is 23.8 Å². The molecule has 0 radical (unpaired) electrons. The van der Waals surface area contributed by atoms with Crippen LogP contribution in [0.3, 0.4) is 0 Å². The van der Waals surface area contributed by atoms with Gasteiger partial charge >= 0.3 is 6.03 Å². The number of nitrogens with zero attached hydrogens (tertiary/aromatic N) is 1. The SMILES string of the molecule is C=C1CC[C@H]2C(C)(C)CCC[C@@]2(C)[C@H]1CC/C(C)=C\CC/C(C)=N\NC(N)=O. The zero-order chi connectivity index (χ0) is 20.9. The minimum absolute atomic E-state index is 0.418. The van der Waals surface area contributed by atoms with E-state index in [4.69, 9.17) is 5.73 Å². The van der Waals surface area contributed by atoms with Gasteiger partial charge < -0.3 is 5.73 Å². The van der Waals surface area contributed by atoms with Crippen molar-refractivity contribution in [2.75, 3.05) is 0 Å². The van der Waals surface area contributed by atoms with Crippen molar-refractivity contribution in [3.8, 4) is 0 Å². The molecule has 0 aromatic heterocycles. The number of hydrazone groups is 1. The standard InChI is InChI=1S/C24H41N3O/c1-17(9-7-10-19(3)26-27-22(25)28)11-13-20-18(2)12-14-21-23(4,5)15-8-16-24(20,21)6/h9,20-21H,2,7-8,10-16H2,1,3-6H3,(H3,25,27,28)/b17-9-,26-19-/t20-,21-,24-/m0/s1. The number of allylic oxidation sites excluding steroid dienone is 3. The Balaban J connectivity index is 1.93. The lowest BCUT2D eigenvalue weighted by Gasteiger charge is -2.58. The summed E-state index contributed by atoms with van der Waals surface area (Å²) in [5, 5.41) is 3.97. The van der Waals surface area contributed by atoms with Crippen molar-refractivity contribution in [1.82, 2.24) is 5.43 Å². The van der Waals surface area contributed by atoms with Crippen LogP contribution in [-0.4, -0.2) is 11.7 Å². The van der Waals surface area contributed by atoms with Gasteiger partial charge in [0, 0.05) is 5.71 Å². The van der Waals surface area contributed by atoms with Crippen LogP contribution >= 0.6 is 0 Å². The van der Waals surface area contributed by atoms with Gasteiger partial charge in [0.1, 0.15) is 0 Å². The molecule has 0 bridgehead atoms. The predicted octanol–water partition coefficient (Wildman–Crippen LogP) is 6.34. The maximum Gasteiger partial charge on any atom is 0.332 e. The van der Waals surface area contributed by atoms with Gasteiger partial charge in [0.05, 0.1) is 0 Å². The number of carbonyl (C=O) groups excluding carboxylic acids is 1. The van der Waals surface area contributed by atoms with E-state index in [0.717, 1.165) is 30.9 Å². The van der Waals surface area contributed by atoms with Gasteiger partial charge in [0.2, 0.25) is 0 Å². The highest BCUT2D eigenvalue weighted by molar-refractivity contribution is 5.83. The number of nitrogens with one attached hydrogen (secondary N) is 1. The van der Waals surface area contributed by atoms with Crippen LogP contribution < -0.4 is 11.2 Å². The van der Waals surface area contributed by atoms with Gasteiger partial charge in [0.25, 0.3) is 0 Å². The molecule has 3 N–H and O–H groups in total. The number of primary amides is 1. The van der Waals surface area contributed by atoms with E-state index >= 15 is 0 Å². The maximum absolute atomic E-state index is 10.7. The normalized spacial score (nSPS) is 30.7. The number of rotatable bonds is 7. The van der Waals surface area contributed by atoms with E-state index < -0.39 is 6.03 Å². The highest BCUT2D eigenvalue weighted by atomic mass is 16.2. The molecule has 2 fully saturated rings. The van der Waals surface area contributed by atoms with Crippen LogP contribution in [0, 0.1) is 22.7 Å². The molecule has 0 aliphatic heterocycles. The summed E-state index contributed by atoms with van der Waals surface area (Å²) in [6.45, 7) is 16.2. The second kappa shape index (κ2) is 9.28. The Morgan fingerprint density at radius 1 is 1.29 bits per heavy atom. The fourth-order valence-corrected chi connectivity index (χ4v) is 6.02. The lowest BCUT2D eigenvalue weighted by atomic mass is 9.47. The van der Waals surface area contributed by atoms with Crippen LogP contribution in [0.4, 0.5) is 4.79 Å². The van der Waals surface area contributed by atoms with Crippen LogP contribution in [-0.2, 0) is 0 Å². The van der Waals surface area contributed by atoms with Gasteiger partial charge in [-0.1, -0.05) is 51.0 Å². The van der Waals surface area contributed by atoms with Crippen LogP contribution in [0.25, 0.3) is 0 Å². The molecule has 3 atom stereocenters. The first-order chi connectivity index (χ1) is 13.1. The van der Waals surface area contributed by atoms with Gasteiger partial charge in [-0.05, 0) is 87.9 Å². The molecule has 0 saturated heterocycles. The van der Waals surface area contributed by atoms with E-state index in [-0.39, 0.29) is 0 Å². The summed E-state index contributed by atoms with van der Waals surface area (Å²) >= 11 is 0. The minimum atomic E-state index is -0.614. The summed E-state index contributed by atoms with van der Waals surface area (Å²) in [5.74, 6) is 1.47. The third kappa shape index (κ3) is 5.48. The molecule has 2 aliphatic rings. The molecule has 158 valence electrons. The predicted molar refractivity (Wildman–Crippen MR) is 119 cm³/mol. The average Bonchev–Trinajstić information content (AvgIpc) is 2.58. The molecule has 0 spiro atoms. The monoisotopic (exact) mass is 387 g/mol. The zero-order valence-corrected chi connectivity index (χ0v) is 18.7. The van der Waals surface area contributed by atoms with Gasteiger partial charge in [-0.25, -0.2) is 10.2 Å². The Kier molecular flexibility index (Phi) is 7.52. The fraction of sp³-hybridized carbons (Fsp3) is 0.750. The number of carbonyl (C=O) groups is 1. The lowest BCUT2D eigenvalue weighted by molar-refractivity contribution is -0.0539. The first-order valence-electron chi connectivity index (χ1n) is 11.0. The molecule has 4 nitrogen and oxygen atoms in total. The molecule has 2 aliphatic carbocycles. The topological polar surface area (TPSA) is 67.5 Å². The van der Waals surface area contributed by atoms with Crippen molar-refractivity contribution in [2.24, 2.45) is 33.5 Å². The average molecular weight is 388 g/mol. The van der Waals surface area contributed by atoms with Crippen LogP contribution in [0.1, 0.15) is 92.4 Å². The van der Waals surface area contributed by atoms with E-state index in [1.807, 2.05) is 6.92 Å². The Morgan fingerprint density at radius 2 is 2.00 bits per heavy atom. The number of hydrogen-bond donors (Lipinski definition) is 2. The Morgan fingerprint density at radius 3 is 2.68 bits per heavy atom.